The molecule has 23 heavy (non-hydrogen) atoms. The van der Waals surface area contributed by atoms with Gasteiger partial charge < -0.3 is 10.4 Å². The number of aryl methyl sites for hydroxylation is 1. The highest BCUT2D eigenvalue weighted by atomic mass is 35.5. The first-order chi connectivity index (χ1) is 11.0. The number of carbonyl (C=O) groups is 1. The Hall–Kier alpha value is -1.85. The summed E-state index contributed by atoms with van der Waals surface area (Å²) < 4.78 is 1.72. The monoisotopic (exact) mass is 333 g/mol. The smallest absolute Gasteiger partial charge is 0.224 e. The van der Waals surface area contributed by atoms with E-state index in [2.05, 4.69) is 10.4 Å². The zero-order valence-electron chi connectivity index (χ0n) is 12.9. The summed E-state index contributed by atoms with van der Waals surface area (Å²) >= 11 is 5.86. The van der Waals surface area contributed by atoms with Gasteiger partial charge in [-0.1, -0.05) is 23.7 Å². The molecule has 1 aromatic heterocycles. The maximum atomic E-state index is 12.4. The molecule has 2 aromatic rings. The lowest BCUT2D eigenvalue weighted by atomic mass is 9.75. The Morgan fingerprint density at radius 3 is 2.70 bits per heavy atom. The molecule has 122 valence electrons. The van der Waals surface area contributed by atoms with E-state index in [1.54, 1.807) is 23.0 Å². The van der Waals surface area contributed by atoms with Crippen molar-refractivity contribution in [2.75, 3.05) is 0 Å². The van der Waals surface area contributed by atoms with E-state index in [-0.39, 0.29) is 24.0 Å². The van der Waals surface area contributed by atoms with Gasteiger partial charge in [0, 0.05) is 23.8 Å². The summed E-state index contributed by atoms with van der Waals surface area (Å²) in [4.78, 5) is 12.4. The molecule has 1 aromatic carbocycles. The van der Waals surface area contributed by atoms with Crippen molar-refractivity contribution in [3.8, 4) is 0 Å². The van der Waals surface area contributed by atoms with Crippen LogP contribution < -0.4 is 5.32 Å². The van der Waals surface area contributed by atoms with Crippen molar-refractivity contribution >= 4 is 17.5 Å². The van der Waals surface area contributed by atoms with Gasteiger partial charge in [-0.05, 0) is 36.5 Å². The Balaban J connectivity index is 1.68. The summed E-state index contributed by atoms with van der Waals surface area (Å²) in [5.41, 5.74) is 1.90. The van der Waals surface area contributed by atoms with Gasteiger partial charge in [0.25, 0.3) is 0 Å². The SMILES string of the molecule is Cn1cc([C@@H](NC(=O)Cc2ccc(Cl)cc2)C2CC(O)C2)cn1. The minimum Gasteiger partial charge on any atom is -0.393 e. The molecule has 1 atom stereocenters. The number of aliphatic hydroxyl groups is 1. The van der Waals surface area contributed by atoms with Gasteiger partial charge in [-0.2, -0.15) is 5.10 Å². The summed E-state index contributed by atoms with van der Waals surface area (Å²) in [6, 6.07) is 7.17. The molecule has 1 heterocycles. The molecule has 1 aliphatic carbocycles. The standard InChI is InChI=1S/C17H20ClN3O2/c1-21-10-13(9-19-21)17(12-7-15(22)8-12)20-16(23)6-11-2-4-14(18)5-3-11/h2-5,9-10,12,15,17,22H,6-8H2,1H3,(H,20,23)/t12?,15?,17-/m0/s1. The van der Waals surface area contributed by atoms with Crippen LogP contribution in [0.15, 0.2) is 36.7 Å². The van der Waals surface area contributed by atoms with E-state index in [0.29, 0.717) is 24.3 Å². The molecular weight excluding hydrogens is 314 g/mol. The fourth-order valence-electron chi connectivity index (χ4n) is 2.99. The van der Waals surface area contributed by atoms with Crippen molar-refractivity contribution in [2.45, 2.75) is 31.4 Å². The summed E-state index contributed by atoms with van der Waals surface area (Å²) in [5.74, 6) is 0.214. The third-order valence-corrected chi connectivity index (χ3v) is 4.55. The number of aromatic nitrogens is 2. The average Bonchev–Trinajstić information content (AvgIpc) is 2.91. The van der Waals surface area contributed by atoms with Gasteiger partial charge in [0.2, 0.25) is 5.91 Å². The second-order valence-electron chi connectivity index (χ2n) is 6.18. The summed E-state index contributed by atoms with van der Waals surface area (Å²) in [7, 11) is 1.85. The number of halogens is 1. The van der Waals surface area contributed by atoms with Crippen LogP contribution in [0.1, 0.15) is 30.0 Å². The maximum Gasteiger partial charge on any atom is 0.224 e. The van der Waals surface area contributed by atoms with E-state index < -0.39 is 0 Å². The van der Waals surface area contributed by atoms with E-state index in [4.69, 9.17) is 11.6 Å². The summed E-state index contributed by atoms with van der Waals surface area (Å²) in [5, 5.41) is 17.5. The minimum absolute atomic E-state index is 0.0393. The molecule has 0 aliphatic heterocycles. The minimum atomic E-state index is -0.257. The number of benzene rings is 1. The van der Waals surface area contributed by atoms with Crippen LogP contribution >= 0.6 is 11.6 Å². The number of aliphatic hydroxyl groups excluding tert-OH is 1. The van der Waals surface area contributed by atoms with Gasteiger partial charge >= 0.3 is 0 Å². The molecule has 0 spiro atoms. The number of hydrogen-bond acceptors (Lipinski definition) is 3. The normalized spacial score (nSPS) is 21.5. The summed E-state index contributed by atoms with van der Waals surface area (Å²) in [6.07, 6.45) is 5.16. The largest absolute Gasteiger partial charge is 0.393 e. The van der Waals surface area contributed by atoms with Gasteiger partial charge in [-0.15, -0.1) is 0 Å². The average molecular weight is 334 g/mol. The predicted octanol–water partition coefficient (Wildman–Crippen LogP) is 2.24. The van der Waals surface area contributed by atoms with E-state index in [0.717, 1.165) is 11.1 Å². The van der Waals surface area contributed by atoms with Crippen LogP contribution in [0.2, 0.25) is 5.02 Å². The first-order valence-electron chi connectivity index (χ1n) is 7.71. The quantitative estimate of drug-likeness (QED) is 0.882. The Bertz CT molecular complexity index is 677. The van der Waals surface area contributed by atoms with Crippen molar-refractivity contribution in [1.29, 1.82) is 0 Å². The van der Waals surface area contributed by atoms with Crippen molar-refractivity contribution < 1.29 is 9.90 Å². The Morgan fingerprint density at radius 1 is 1.43 bits per heavy atom. The third kappa shape index (κ3) is 3.92. The molecule has 1 saturated carbocycles. The first-order valence-corrected chi connectivity index (χ1v) is 8.09. The number of amides is 1. The van der Waals surface area contributed by atoms with Crippen LogP contribution in [0.4, 0.5) is 0 Å². The maximum absolute atomic E-state index is 12.4. The van der Waals surface area contributed by atoms with Crippen LogP contribution in [-0.2, 0) is 18.3 Å². The van der Waals surface area contributed by atoms with Crippen molar-refractivity contribution in [3.05, 3.63) is 52.8 Å². The van der Waals surface area contributed by atoms with Crippen LogP contribution in [0.25, 0.3) is 0 Å². The van der Waals surface area contributed by atoms with E-state index in [1.807, 2.05) is 25.4 Å². The lowest BCUT2D eigenvalue weighted by molar-refractivity contribution is -0.122. The first kappa shape index (κ1) is 16.0. The lowest BCUT2D eigenvalue weighted by Gasteiger charge is -2.37. The number of hydrogen-bond donors (Lipinski definition) is 2. The van der Waals surface area contributed by atoms with Crippen molar-refractivity contribution in [1.82, 2.24) is 15.1 Å². The van der Waals surface area contributed by atoms with E-state index in [9.17, 15) is 9.90 Å². The molecule has 2 N–H and O–H groups in total. The van der Waals surface area contributed by atoms with Crippen LogP contribution in [0.5, 0.6) is 0 Å². The lowest BCUT2D eigenvalue weighted by Crippen LogP contribution is -2.41. The van der Waals surface area contributed by atoms with E-state index >= 15 is 0 Å². The number of rotatable bonds is 5. The van der Waals surface area contributed by atoms with Gasteiger partial charge in [-0.3, -0.25) is 9.48 Å². The number of carbonyl (C=O) groups excluding carboxylic acids is 1. The molecule has 0 radical (unpaired) electrons. The molecule has 5 nitrogen and oxygen atoms in total. The summed E-state index contributed by atoms with van der Waals surface area (Å²) in [6.45, 7) is 0. The molecule has 1 fully saturated rings. The van der Waals surface area contributed by atoms with Crippen LogP contribution in [0, 0.1) is 5.92 Å². The van der Waals surface area contributed by atoms with Gasteiger partial charge in [0.05, 0.1) is 24.8 Å². The second-order valence-corrected chi connectivity index (χ2v) is 6.62. The van der Waals surface area contributed by atoms with Crippen LogP contribution in [-0.4, -0.2) is 26.9 Å². The van der Waals surface area contributed by atoms with Gasteiger partial charge in [-0.25, -0.2) is 0 Å². The zero-order chi connectivity index (χ0) is 16.4. The molecule has 0 unspecified atom stereocenters. The second kappa shape index (κ2) is 6.72. The molecular formula is C17H20ClN3O2. The fraction of sp³-hybridized carbons (Fsp3) is 0.412. The predicted molar refractivity (Wildman–Crippen MR) is 88.0 cm³/mol. The molecule has 1 amide bonds. The highest BCUT2D eigenvalue weighted by Gasteiger charge is 2.36. The Morgan fingerprint density at radius 2 is 2.13 bits per heavy atom. The van der Waals surface area contributed by atoms with Gasteiger partial charge in [0.1, 0.15) is 0 Å². The Kier molecular flexibility index (Phi) is 4.68. The van der Waals surface area contributed by atoms with Crippen LogP contribution in [0.3, 0.4) is 0 Å². The number of nitrogens with one attached hydrogen (secondary N) is 1. The number of nitrogens with zero attached hydrogens (tertiary/aromatic N) is 2. The highest BCUT2D eigenvalue weighted by molar-refractivity contribution is 6.30. The molecule has 0 bridgehead atoms. The van der Waals surface area contributed by atoms with Crippen molar-refractivity contribution in [2.24, 2.45) is 13.0 Å². The third-order valence-electron chi connectivity index (χ3n) is 4.30. The van der Waals surface area contributed by atoms with Gasteiger partial charge in [0.15, 0.2) is 0 Å². The Labute approximate surface area is 140 Å². The molecule has 1 aliphatic rings. The molecule has 6 heteroatoms. The fourth-order valence-corrected chi connectivity index (χ4v) is 3.11. The van der Waals surface area contributed by atoms with E-state index in [1.165, 1.54) is 0 Å². The molecule has 0 saturated heterocycles. The highest BCUT2D eigenvalue weighted by Crippen LogP contribution is 2.37. The molecule has 3 rings (SSSR count). The van der Waals surface area contributed by atoms with Crippen molar-refractivity contribution in [3.63, 3.8) is 0 Å². The zero-order valence-corrected chi connectivity index (χ0v) is 13.7. The topological polar surface area (TPSA) is 67.2 Å².